The van der Waals surface area contributed by atoms with E-state index >= 15 is 0 Å². The Labute approximate surface area is 145 Å². The van der Waals surface area contributed by atoms with E-state index in [1.165, 1.54) is 29.3 Å². The fourth-order valence-corrected chi connectivity index (χ4v) is 2.07. The summed E-state index contributed by atoms with van der Waals surface area (Å²) in [6, 6.07) is 5.21. The van der Waals surface area contributed by atoms with Gasteiger partial charge in [-0.05, 0) is 18.2 Å². The standard InChI is InChI=1S/C16H11F3N6O/c1-16(18,19)13-4-12(2-3-14(13)17)25-8-11(23-24-25)9-26-15-21-6-10(5-20)7-22-15/h2-4,6-8H,9H2,1H3. The van der Waals surface area contributed by atoms with Crippen molar-refractivity contribution in [3.63, 3.8) is 0 Å². The van der Waals surface area contributed by atoms with Crippen molar-refractivity contribution in [2.75, 3.05) is 0 Å². The zero-order valence-corrected chi connectivity index (χ0v) is 13.4. The maximum absolute atomic E-state index is 13.6. The molecule has 132 valence electrons. The van der Waals surface area contributed by atoms with E-state index in [0.29, 0.717) is 18.2 Å². The molecule has 0 aliphatic heterocycles. The second kappa shape index (κ2) is 6.79. The van der Waals surface area contributed by atoms with E-state index < -0.39 is 17.3 Å². The van der Waals surface area contributed by atoms with Crippen LogP contribution in [0.4, 0.5) is 13.2 Å². The van der Waals surface area contributed by atoms with Crippen molar-refractivity contribution in [1.29, 1.82) is 5.26 Å². The zero-order chi connectivity index (χ0) is 18.7. The van der Waals surface area contributed by atoms with Crippen molar-refractivity contribution < 1.29 is 17.9 Å². The number of alkyl halides is 2. The summed E-state index contributed by atoms with van der Waals surface area (Å²) in [5.74, 6) is -4.32. The van der Waals surface area contributed by atoms with Crippen LogP contribution in [0.5, 0.6) is 6.01 Å². The van der Waals surface area contributed by atoms with E-state index in [1.54, 1.807) is 0 Å². The van der Waals surface area contributed by atoms with E-state index in [2.05, 4.69) is 20.3 Å². The fourth-order valence-electron chi connectivity index (χ4n) is 2.07. The topological polar surface area (TPSA) is 89.5 Å². The van der Waals surface area contributed by atoms with Gasteiger partial charge in [-0.1, -0.05) is 5.21 Å². The molecule has 1 aromatic carbocycles. The molecule has 0 bridgehead atoms. The lowest BCUT2D eigenvalue weighted by Gasteiger charge is -2.12. The van der Waals surface area contributed by atoms with Gasteiger partial charge in [0.15, 0.2) is 0 Å². The number of ether oxygens (including phenoxy) is 1. The number of nitriles is 1. The largest absolute Gasteiger partial charge is 0.457 e. The summed E-state index contributed by atoms with van der Waals surface area (Å²) in [7, 11) is 0. The molecule has 0 saturated carbocycles. The van der Waals surface area contributed by atoms with E-state index in [1.807, 2.05) is 6.07 Å². The van der Waals surface area contributed by atoms with Crippen LogP contribution in [-0.4, -0.2) is 25.0 Å². The molecule has 3 aromatic rings. The number of hydrogen-bond acceptors (Lipinski definition) is 6. The number of halogens is 3. The molecule has 0 spiro atoms. The van der Waals surface area contributed by atoms with E-state index in [4.69, 9.17) is 10.00 Å². The monoisotopic (exact) mass is 360 g/mol. The summed E-state index contributed by atoms with van der Waals surface area (Å²) in [4.78, 5) is 7.68. The van der Waals surface area contributed by atoms with E-state index in [0.717, 1.165) is 12.1 Å². The Morgan fingerprint density at radius 1 is 1.27 bits per heavy atom. The van der Waals surface area contributed by atoms with Crippen molar-refractivity contribution in [3.05, 3.63) is 59.4 Å². The molecule has 10 heteroatoms. The Morgan fingerprint density at radius 3 is 2.65 bits per heavy atom. The van der Waals surface area contributed by atoms with Crippen molar-refractivity contribution in [3.8, 4) is 17.8 Å². The fraction of sp³-hybridized carbons (Fsp3) is 0.188. The van der Waals surface area contributed by atoms with Gasteiger partial charge in [0.25, 0.3) is 5.92 Å². The molecule has 26 heavy (non-hydrogen) atoms. The molecule has 3 rings (SSSR count). The lowest BCUT2D eigenvalue weighted by atomic mass is 10.1. The maximum atomic E-state index is 13.6. The third kappa shape index (κ3) is 3.77. The number of aromatic nitrogens is 5. The number of rotatable bonds is 5. The normalized spacial score (nSPS) is 11.2. The molecular weight excluding hydrogens is 349 g/mol. The number of hydrogen-bond donors (Lipinski definition) is 0. The van der Waals surface area contributed by atoms with Gasteiger partial charge in [0.05, 0.1) is 35.4 Å². The zero-order valence-electron chi connectivity index (χ0n) is 13.4. The van der Waals surface area contributed by atoms with Gasteiger partial charge in [0.2, 0.25) is 0 Å². The van der Waals surface area contributed by atoms with Crippen LogP contribution in [0.1, 0.15) is 23.7 Å². The molecule has 0 radical (unpaired) electrons. The predicted octanol–water partition coefficient (Wildman–Crippen LogP) is 2.76. The molecule has 0 amide bonds. The van der Waals surface area contributed by atoms with Crippen molar-refractivity contribution in [1.82, 2.24) is 25.0 Å². The molecule has 0 aliphatic carbocycles. The van der Waals surface area contributed by atoms with E-state index in [-0.39, 0.29) is 18.3 Å². The van der Waals surface area contributed by atoms with Gasteiger partial charge < -0.3 is 4.74 Å². The first-order valence-corrected chi connectivity index (χ1v) is 7.31. The van der Waals surface area contributed by atoms with Crippen molar-refractivity contribution in [2.45, 2.75) is 19.5 Å². The Bertz CT molecular complexity index is 959. The van der Waals surface area contributed by atoms with Crippen LogP contribution < -0.4 is 4.74 Å². The molecular formula is C16H11F3N6O. The van der Waals surface area contributed by atoms with Gasteiger partial charge in [0.1, 0.15) is 24.2 Å². The third-order valence-corrected chi connectivity index (χ3v) is 3.33. The van der Waals surface area contributed by atoms with Crippen LogP contribution in [0.25, 0.3) is 5.69 Å². The van der Waals surface area contributed by atoms with Gasteiger partial charge in [-0.15, -0.1) is 5.10 Å². The van der Waals surface area contributed by atoms with Crippen LogP contribution >= 0.6 is 0 Å². The average Bonchev–Trinajstić information content (AvgIpc) is 3.09. The number of nitrogens with zero attached hydrogens (tertiary/aromatic N) is 6. The minimum absolute atomic E-state index is 0.0239. The van der Waals surface area contributed by atoms with Crippen LogP contribution in [0.3, 0.4) is 0 Å². The lowest BCUT2D eigenvalue weighted by molar-refractivity contribution is 0.0137. The molecule has 0 aliphatic rings. The summed E-state index contributed by atoms with van der Waals surface area (Å²) >= 11 is 0. The highest BCUT2D eigenvalue weighted by atomic mass is 19.3. The van der Waals surface area contributed by atoms with Gasteiger partial charge in [-0.25, -0.2) is 27.8 Å². The number of benzene rings is 1. The minimum atomic E-state index is -3.32. The van der Waals surface area contributed by atoms with E-state index in [9.17, 15) is 13.2 Å². The first-order chi connectivity index (χ1) is 12.4. The highest BCUT2D eigenvalue weighted by Gasteiger charge is 2.28. The molecule has 2 aromatic heterocycles. The highest BCUT2D eigenvalue weighted by molar-refractivity contribution is 5.37. The van der Waals surface area contributed by atoms with Gasteiger partial charge in [0, 0.05) is 6.92 Å². The summed E-state index contributed by atoms with van der Waals surface area (Å²) in [6.45, 7) is 0.595. The van der Waals surface area contributed by atoms with Crippen LogP contribution in [0.2, 0.25) is 0 Å². The molecule has 2 heterocycles. The molecule has 0 fully saturated rings. The Kier molecular flexibility index (Phi) is 4.53. The summed E-state index contributed by atoms with van der Waals surface area (Å²) in [5.41, 5.74) is 0.181. The molecule has 0 unspecified atom stereocenters. The first kappa shape index (κ1) is 17.3. The van der Waals surface area contributed by atoms with Crippen LogP contribution in [-0.2, 0) is 12.5 Å². The second-order valence-corrected chi connectivity index (χ2v) is 5.36. The second-order valence-electron chi connectivity index (χ2n) is 5.36. The highest BCUT2D eigenvalue weighted by Crippen LogP contribution is 2.30. The van der Waals surface area contributed by atoms with Crippen molar-refractivity contribution in [2.24, 2.45) is 0 Å². The molecule has 0 N–H and O–H groups in total. The predicted molar refractivity (Wildman–Crippen MR) is 82.0 cm³/mol. The smallest absolute Gasteiger partial charge is 0.316 e. The molecule has 7 nitrogen and oxygen atoms in total. The quantitative estimate of drug-likeness (QED) is 0.695. The Balaban J connectivity index is 1.74. The van der Waals surface area contributed by atoms with Crippen LogP contribution in [0.15, 0.2) is 36.8 Å². The van der Waals surface area contributed by atoms with Gasteiger partial charge in [-0.2, -0.15) is 5.26 Å². The Hall–Kier alpha value is -3.48. The summed E-state index contributed by atoms with van der Waals surface area (Å²) in [5, 5.41) is 16.3. The molecule has 0 atom stereocenters. The third-order valence-electron chi connectivity index (χ3n) is 3.33. The summed E-state index contributed by atoms with van der Waals surface area (Å²) < 4.78 is 47.0. The maximum Gasteiger partial charge on any atom is 0.316 e. The lowest BCUT2D eigenvalue weighted by Crippen LogP contribution is -2.11. The molecule has 0 saturated heterocycles. The van der Waals surface area contributed by atoms with Gasteiger partial charge in [-0.3, -0.25) is 0 Å². The SMILES string of the molecule is CC(F)(F)c1cc(-n2cc(COc3ncc(C#N)cn3)nn2)ccc1F. The minimum Gasteiger partial charge on any atom is -0.457 e. The first-order valence-electron chi connectivity index (χ1n) is 7.31. The van der Waals surface area contributed by atoms with Crippen LogP contribution in [0, 0.1) is 17.1 Å². The average molecular weight is 360 g/mol. The van der Waals surface area contributed by atoms with Gasteiger partial charge >= 0.3 is 6.01 Å². The Morgan fingerprint density at radius 2 is 2.00 bits per heavy atom. The summed E-state index contributed by atoms with van der Waals surface area (Å²) in [6.07, 6.45) is 4.07. The van der Waals surface area contributed by atoms with Crippen molar-refractivity contribution >= 4 is 0 Å².